The van der Waals surface area contributed by atoms with Gasteiger partial charge in [-0.2, -0.15) is 0 Å². The van der Waals surface area contributed by atoms with Gasteiger partial charge in [-0.25, -0.2) is 13.4 Å². The summed E-state index contributed by atoms with van der Waals surface area (Å²) in [5.41, 5.74) is 2.08. The second-order valence-corrected chi connectivity index (χ2v) is 15.2. The van der Waals surface area contributed by atoms with Crippen LogP contribution in [-0.2, 0) is 26.0 Å². The Morgan fingerprint density at radius 1 is 1.02 bits per heavy atom. The predicted molar refractivity (Wildman–Crippen MR) is 181 cm³/mol. The summed E-state index contributed by atoms with van der Waals surface area (Å²) in [7, 11) is -4.40. The van der Waals surface area contributed by atoms with Crippen molar-refractivity contribution in [2.75, 3.05) is 16.4 Å². The number of aromatic nitrogens is 1. The Labute approximate surface area is 278 Å². The van der Waals surface area contributed by atoms with Crippen molar-refractivity contribution < 1.29 is 27.9 Å². The molecule has 0 saturated carbocycles. The molecule has 0 fully saturated rings. The molecule has 2 atom stereocenters. The third-order valence-corrected chi connectivity index (χ3v) is 10.7. The number of amides is 1. The number of phenolic OH excluding ortho intramolecular Hbond substituents is 1. The first-order chi connectivity index (χ1) is 22.4. The molecule has 0 radical (unpaired) electrons. The number of aromatic hydroxyl groups is 1. The van der Waals surface area contributed by atoms with Crippen molar-refractivity contribution in [1.29, 1.82) is 0 Å². The van der Waals surface area contributed by atoms with E-state index in [9.17, 15) is 23.1 Å². The third-order valence-electron chi connectivity index (χ3n) is 8.40. The minimum Gasteiger partial charge on any atom is -0.506 e. The summed E-state index contributed by atoms with van der Waals surface area (Å²) in [6.07, 6.45) is 2.08. The normalized spacial score (nSPS) is 18.7. The van der Waals surface area contributed by atoms with Crippen LogP contribution in [0.1, 0.15) is 54.5 Å². The molecule has 11 heteroatoms. The average Bonchev–Trinajstić information content (AvgIpc) is 3.16. The van der Waals surface area contributed by atoms with Crippen molar-refractivity contribution in [2.45, 2.75) is 44.5 Å². The van der Waals surface area contributed by atoms with Gasteiger partial charge in [-0.3, -0.25) is 9.59 Å². The number of benzene rings is 3. The number of hydrogen-bond donors (Lipinski definition) is 3. The molecule has 4 aromatic rings. The summed E-state index contributed by atoms with van der Waals surface area (Å²) < 4.78 is 35.1. The van der Waals surface area contributed by atoms with Crippen LogP contribution < -0.4 is 15.4 Å². The van der Waals surface area contributed by atoms with E-state index < -0.39 is 38.1 Å². The lowest BCUT2D eigenvalue weighted by atomic mass is 9.71. The molecule has 3 aromatic carbocycles. The maximum absolute atomic E-state index is 14.6. The Balaban J connectivity index is 1.48. The number of hydrogen-bond acceptors (Lipinski definition) is 8. The summed E-state index contributed by atoms with van der Waals surface area (Å²) in [4.78, 5) is 31.3. The van der Waals surface area contributed by atoms with Crippen LogP contribution in [0.25, 0.3) is 0 Å². The van der Waals surface area contributed by atoms with Gasteiger partial charge < -0.3 is 20.5 Å². The molecule has 1 amide bonds. The molecule has 0 bridgehead atoms. The molecule has 9 nitrogen and oxygen atoms in total. The number of fused-ring (bicyclic) bond motifs is 1. The highest BCUT2D eigenvalue weighted by atomic mass is 35.5. The molecule has 242 valence electrons. The molecule has 2 unspecified atom stereocenters. The number of ether oxygens (including phenoxy) is 1. The number of Topliss-reactive ketones (excluding diaryl/α,β-unsaturated/α-hetero) is 1. The number of ketones is 1. The minimum absolute atomic E-state index is 0.172. The van der Waals surface area contributed by atoms with Crippen LogP contribution in [0.15, 0.2) is 102 Å². The maximum Gasteiger partial charge on any atom is 0.240 e. The van der Waals surface area contributed by atoms with E-state index in [1.165, 1.54) is 12.3 Å². The number of carbonyl (C=O) groups excluding carboxylic acids is 2. The van der Waals surface area contributed by atoms with E-state index in [4.69, 9.17) is 16.3 Å². The zero-order valence-electron chi connectivity index (χ0n) is 25.9. The van der Waals surface area contributed by atoms with E-state index in [0.29, 0.717) is 30.0 Å². The van der Waals surface area contributed by atoms with Gasteiger partial charge in [0.05, 0.1) is 5.69 Å². The molecular weight excluding hydrogens is 638 g/mol. The van der Waals surface area contributed by atoms with Crippen molar-refractivity contribution in [3.05, 3.63) is 124 Å². The number of anilines is 2. The summed E-state index contributed by atoms with van der Waals surface area (Å²) in [6, 6.07) is 24.1. The number of rotatable bonds is 8. The van der Waals surface area contributed by atoms with Crippen molar-refractivity contribution in [3.8, 4) is 11.5 Å². The van der Waals surface area contributed by atoms with Gasteiger partial charge in [0.25, 0.3) is 0 Å². The van der Waals surface area contributed by atoms with Crippen LogP contribution in [0.4, 0.5) is 11.5 Å². The molecular formula is C36H34ClN3O6S. The first-order valence-electron chi connectivity index (χ1n) is 15.2. The summed E-state index contributed by atoms with van der Waals surface area (Å²) in [6.45, 7) is 4.22. The van der Waals surface area contributed by atoms with Gasteiger partial charge in [-0.15, -0.1) is 0 Å². The number of pyridine rings is 1. The lowest BCUT2D eigenvalue weighted by molar-refractivity contribution is -0.118. The van der Waals surface area contributed by atoms with E-state index >= 15 is 0 Å². The number of phenols is 1. The third kappa shape index (κ3) is 6.89. The van der Waals surface area contributed by atoms with Crippen molar-refractivity contribution in [3.63, 3.8) is 0 Å². The van der Waals surface area contributed by atoms with Crippen LogP contribution in [0.2, 0.25) is 5.02 Å². The second kappa shape index (κ2) is 12.8. The fourth-order valence-electron chi connectivity index (χ4n) is 6.42. The topological polar surface area (TPSA) is 135 Å². The monoisotopic (exact) mass is 671 g/mol. The Hall–Kier alpha value is -4.67. The number of nitrogens with one attached hydrogen (secondary N) is 2. The van der Waals surface area contributed by atoms with Crippen LogP contribution >= 0.6 is 11.6 Å². The molecule has 47 heavy (non-hydrogen) atoms. The largest absolute Gasteiger partial charge is 0.506 e. The standard InChI is InChI=1S/C36H34ClN3O6S/c1-36(2)18-27-33(29(42)19-36)32(24-15-14-23(17-26(24)37)46-20-22-9-4-3-5-10-22)35(25-11-8-12-28(41)34(25)39-27)47(44,45)21-31(43)40-30-13-6-7-16-38-30/h3-17,32,35,39,41H,18-21H2,1-2H3,(H,38,40,43). The van der Waals surface area contributed by atoms with Gasteiger partial charge >= 0.3 is 0 Å². The van der Waals surface area contributed by atoms with Crippen molar-refractivity contribution in [2.24, 2.45) is 5.41 Å². The number of nitrogens with zero attached hydrogens (tertiary/aromatic N) is 1. The molecule has 3 N–H and O–H groups in total. The van der Waals surface area contributed by atoms with Crippen molar-refractivity contribution in [1.82, 2.24) is 4.98 Å². The smallest absolute Gasteiger partial charge is 0.240 e. The number of halogens is 1. The van der Waals surface area contributed by atoms with Gasteiger partial charge in [0.15, 0.2) is 15.6 Å². The SMILES string of the molecule is CC1(C)CC(=O)C2=C(C1)Nc1c(O)cccc1C(S(=O)(=O)CC(=O)Nc1ccccn1)C2c1ccc(OCc2ccccc2)cc1Cl. The zero-order chi connectivity index (χ0) is 33.3. The fourth-order valence-corrected chi connectivity index (χ4v) is 8.60. The first-order valence-corrected chi connectivity index (χ1v) is 17.2. The quantitative estimate of drug-likeness (QED) is 0.171. The van der Waals surface area contributed by atoms with E-state index in [2.05, 4.69) is 15.6 Å². The molecule has 0 spiro atoms. The van der Waals surface area contributed by atoms with Gasteiger partial charge in [0.2, 0.25) is 5.91 Å². The number of sulfone groups is 1. The summed E-state index contributed by atoms with van der Waals surface area (Å²) in [5.74, 6) is -2.55. The highest BCUT2D eigenvalue weighted by molar-refractivity contribution is 7.92. The van der Waals surface area contributed by atoms with E-state index in [1.807, 2.05) is 44.2 Å². The Morgan fingerprint density at radius 3 is 2.51 bits per heavy atom. The van der Waals surface area contributed by atoms with Gasteiger partial charge in [-0.05, 0) is 58.9 Å². The number of carbonyl (C=O) groups is 2. The maximum atomic E-state index is 14.6. The molecule has 6 rings (SSSR count). The predicted octanol–water partition coefficient (Wildman–Crippen LogP) is 6.97. The lowest BCUT2D eigenvalue weighted by Crippen LogP contribution is -2.34. The van der Waals surface area contributed by atoms with Gasteiger partial charge in [-0.1, -0.05) is 80.0 Å². The highest BCUT2D eigenvalue weighted by Gasteiger charge is 2.48. The molecule has 2 aliphatic rings. The molecule has 1 aliphatic heterocycles. The Morgan fingerprint density at radius 2 is 1.79 bits per heavy atom. The second-order valence-electron chi connectivity index (χ2n) is 12.6. The first kappa shape index (κ1) is 32.3. The van der Waals surface area contributed by atoms with Crippen LogP contribution in [0, 0.1) is 5.41 Å². The molecule has 2 heterocycles. The Kier molecular flexibility index (Phi) is 8.82. The van der Waals surface area contributed by atoms with Crippen molar-refractivity contribution >= 4 is 44.6 Å². The van der Waals surface area contributed by atoms with E-state index in [0.717, 1.165) is 5.56 Å². The van der Waals surface area contributed by atoms with E-state index in [1.54, 1.807) is 48.5 Å². The average molecular weight is 672 g/mol. The fraction of sp³-hybridized carbons (Fsp3) is 0.250. The Bertz CT molecular complexity index is 1980. The molecule has 1 aliphatic carbocycles. The minimum atomic E-state index is -4.40. The lowest BCUT2D eigenvalue weighted by Gasteiger charge is -2.36. The number of para-hydroxylation sites is 1. The van der Waals surface area contributed by atoms with Gasteiger partial charge in [0, 0.05) is 34.8 Å². The van der Waals surface area contributed by atoms with Crippen LogP contribution in [-0.4, -0.2) is 36.0 Å². The zero-order valence-corrected chi connectivity index (χ0v) is 27.4. The number of allylic oxidation sites excluding steroid dienone is 2. The highest BCUT2D eigenvalue weighted by Crippen LogP contribution is 2.55. The van der Waals surface area contributed by atoms with Crippen LogP contribution in [0.5, 0.6) is 11.5 Å². The van der Waals surface area contributed by atoms with E-state index in [-0.39, 0.29) is 45.6 Å². The molecule has 0 saturated heterocycles. The summed E-state index contributed by atoms with van der Waals surface area (Å²) in [5, 5.41) is 15.6. The summed E-state index contributed by atoms with van der Waals surface area (Å²) >= 11 is 6.95. The molecule has 1 aromatic heterocycles. The van der Waals surface area contributed by atoms with Gasteiger partial charge in [0.1, 0.15) is 34.9 Å². The van der Waals surface area contributed by atoms with Crippen LogP contribution in [0.3, 0.4) is 0 Å².